The van der Waals surface area contributed by atoms with Gasteiger partial charge in [0.05, 0.1) is 5.69 Å². The lowest BCUT2D eigenvalue weighted by Gasteiger charge is -2.04. The van der Waals surface area contributed by atoms with Crippen LogP contribution in [0.15, 0.2) is 18.2 Å². The van der Waals surface area contributed by atoms with Gasteiger partial charge in [-0.15, -0.1) is 0 Å². The highest BCUT2D eigenvalue weighted by Crippen LogP contribution is 2.26. The lowest BCUT2D eigenvalue weighted by molar-refractivity contribution is 0.0689. The molecule has 0 unspecified atom stereocenters. The van der Waals surface area contributed by atoms with E-state index in [4.69, 9.17) is 0 Å². The lowest BCUT2D eigenvalue weighted by Crippen LogP contribution is -2.02. The smallest absolute Gasteiger partial charge is 0.356 e. The fraction of sp³-hybridized carbons (Fsp3) is 0.333. The molecular formula is C15H18N2O2. The van der Waals surface area contributed by atoms with Gasteiger partial charge in [-0.1, -0.05) is 37.6 Å². The Bertz CT molecular complexity index is 627. The number of hydrogen-bond acceptors (Lipinski definition) is 2. The van der Waals surface area contributed by atoms with E-state index < -0.39 is 5.97 Å². The van der Waals surface area contributed by atoms with Crippen LogP contribution in [0, 0.1) is 13.8 Å². The molecule has 0 aliphatic heterocycles. The maximum absolute atomic E-state index is 11.2. The number of carbonyl (C=O) groups is 1. The maximum Gasteiger partial charge on any atom is 0.356 e. The molecule has 4 heteroatoms. The quantitative estimate of drug-likeness (QED) is 0.885. The number of carboxylic acids is 1. The van der Waals surface area contributed by atoms with Gasteiger partial charge in [-0.25, -0.2) is 9.78 Å². The molecule has 0 saturated heterocycles. The van der Waals surface area contributed by atoms with Crippen molar-refractivity contribution in [3.63, 3.8) is 0 Å². The van der Waals surface area contributed by atoms with Gasteiger partial charge in [0.15, 0.2) is 5.69 Å². The van der Waals surface area contributed by atoms with Gasteiger partial charge in [0.25, 0.3) is 0 Å². The molecule has 2 N–H and O–H groups in total. The van der Waals surface area contributed by atoms with Crippen molar-refractivity contribution in [1.29, 1.82) is 0 Å². The number of aromatic amines is 1. The maximum atomic E-state index is 11.2. The van der Waals surface area contributed by atoms with Gasteiger partial charge >= 0.3 is 5.97 Å². The predicted octanol–water partition coefficient (Wildman–Crippen LogP) is 3.52. The summed E-state index contributed by atoms with van der Waals surface area (Å²) < 4.78 is 0. The number of nitrogens with zero attached hydrogens (tertiary/aromatic N) is 1. The minimum atomic E-state index is -0.990. The molecule has 0 saturated carbocycles. The fourth-order valence-electron chi connectivity index (χ4n) is 2.17. The van der Waals surface area contributed by atoms with Crippen molar-refractivity contribution in [2.75, 3.05) is 0 Å². The van der Waals surface area contributed by atoms with Crippen LogP contribution in [0.25, 0.3) is 11.4 Å². The topological polar surface area (TPSA) is 66.0 Å². The minimum Gasteiger partial charge on any atom is -0.476 e. The average Bonchev–Trinajstić information content (AvgIpc) is 2.73. The van der Waals surface area contributed by atoms with E-state index in [0.717, 1.165) is 11.1 Å². The van der Waals surface area contributed by atoms with E-state index in [1.54, 1.807) is 0 Å². The third-order valence-electron chi connectivity index (χ3n) is 3.15. The molecule has 0 bridgehead atoms. The third kappa shape index (κ3) is 2.52. The molecule has 19 heavy (non-hydrogen) atoms. The van der Waals surface area contributed by atoms with Crippen LogP contribution in [0.4, 0.5) is 0 Å². The third-order valence-corrected chi connectivity index (χ3v) is 3.15. The van der Waals surface area contributed by atoms with Crippen LogP contribution in [0.1, 0.15) is 47.1 Å². The summed E-state index contributed by atoms with van der Waals surface area (Å²) in [5.41, 5.74) is 3.99. The van der Waals surface area contributed by atoms with E-state index in [0.29, 0.717) is 11.5 Å². The number of aromatic nitrogens is 2. The van der Waals surface area contributed by atoms with Gasteiger partial charge in [0.1, 0.15) is 5.82 Å². The van der Waals surface area contributed by atoms with E-state index in [1.807, 2.05) is 39.8 Å². The molecule has 0 radical (unpaired) electrons. The molecule has 0 aliphatic carbocycles. The first-order valence-electron chi connectivity index (χ1n) is 6.31. The van der Waals surface area contributed by atoms with Crippen LogP contribution in [0.2, 0.25) is 0 Å². The number of nitrogens with one attached hydrogen (secondary N) is 1. The first kappa shape index (κ1) is 13.3. The SMILES string of the molecule is Cc1ccc(-c2nc(C(=O)O)c(C(C)C)[nH]2)c(C)c1. The van der Waals surface area contributed by atoms with Gasteiger partial charge in [-0.3, -0.25) is 0 Å². The number of hydrogen-bond donors (Lipinski definition) is 2. The number of carboxylic acid groups (broad SMARTS) is 1. The Morgan fingerprint density at radius 2 is 2.00 bits per heavy atom. The summed E-state index contributed by atoms with van der Waals surface area (Å²) in [6.07, 6.45) is 0. The second kappa shape index (κ2) is 4.88. The van der Waals surface area contributed by atoms with Gasteiger partial charge in [0, 0.05) is 5.56 Å². The summed E-state index contributed by atoms with van der Waals surface area (Å²) in [5, 5.41) is 9.21. The number of rotatable bonds is 3. The van der Waals surface area contributed by atoms with E-state index in [1.165, 1.54) is 5.56 Å². The van der Waals surface area contributed by atoms with Crippen LogP contribution < -0.4 is 0 Å². The van der Waals surface area contributed by atoms with Crippen molar-refractivity contribution >= 4 is 5.97 Å². The zero-order valence-electron chi connectivity index (χ0n) is 11.6. The Hall–Kier alpha value is -2.10. The van der Waals surface area contributed by atoms with Crippen LogP contribution >= 0.6 is 0 Å². The zero-order valence-corrected chi connectivity index (χ0v) is 11.6. The van der Waals surface area contributed by atoms with Gasteiger partial charge in [-0.2, -0.15) is 0 Å². The second-order valence-electron chi connectivity index (χ2n) is 5.13. The molecule has 2 rings (SSSR count). The number of aromatic carboxylic acids is 1. The highest BCUT2D eigenvalue weighted by molar-refractivity contribution is 5.88. The van der Waals surface area contributed by atoms with Gasteiger partial charge in [0.2, 0.25) is 0 Å². The summed E-state index contributed by atoms with van der Waals surface area (Å²) >= 11 is 0. The largest absolute Gasteiger partial charge is 0.476 e. The summed E-state index contributed by atoms with van der Waals surface area (Å²) in [6.45, 7) is 7.93. The van der Waals surface area contributed by atoms with E-state index in [-0.39, 0.29) is 11.6 Å². The molecule has 0 amide bonds. The molecule has 100 valence electrons. The summed E-state index contributed by atoms with van der Waals surface area (Å²) in [7, 11) is 0. The number of benzene rings is 1. The first-order valence-corrected chi connectivity index (χ1v) is 6.31. The average molecular weight is 258 g/mol. The fourth-order valence-corrected chi connectivity index (χ4v) is 2.17. The summed E-state index contributed by atoms with van der Waals surface area (Å²) in [5.74, 6) is -0.271. The lowest BCUT2D eigenvalue weighted by atomic mass is 10.1. The molecule has 1 aromatic heterocycles. The molecule has 0 atom stereocenters. The summed E-state index contributed by atoms with van der Waals surface area (Å²) in [6, 6.07) is 6.03. The van der Waals surface area contributed by atoms with Crippen molar-refractivity contribution < 1.29 is 9.90 Å². The molecule has 0 spiro atoms. The number of H-pyrrole nitrogens is 1. The predicted molar refractivity (Wildman–Crippen MR) is 74.5 cm³/mol. The van der Waals surface area contributed by atoms with Crippen molar-refractivity contribution in [1.82, 2.24) is 9.97 Å². The van der Waals surface area contributed by atoms with Crippen molar-refractivity contribution in [3.05, 3.63) is 40.7 Å². The molecule has 4 nitrogen and oxygen atoms in total. The standard InChI is InChI=1S/C15H18N2O2/c1-8(2)12-13(15(18)19)17-14(16-12)11-6-5-9(3)7-10(11)4/h5-8H,1-4H3,(H,16,17)(H,18,19). The highest BCUT2D eigenvalue weighted by Gasteiger charge is 2.20. The zero-order chi connectivity index (χ0) is 14.2. The van der Waals surface area contributed by atoms with Crippen molar-refractivity contribution in [3.8, 4) is 11.4 Å². The van der Waals surface area contributed by atoms with E-state index in [9.17, 15) is 9.90 Å². The van der Waals surface area contributed by atoms with Crippen LogP contribution in [-0.4, -0.2) is 21.0 Å². The van der Waals surface area contributed by atoms with Crippen molar-refractivity contribution in [2.45, 2.75) is 33.6 Å². The summed E-state index contributed by atoms with van der Waals surface area (Å²) in [4.78, 5) is 18.6. The van der Waals surface area contributed by atoms with E-state index in [2.05, 4.69) is 16.0 Å². The van der Waals surface area contributed by atoms with Gasteiger partial charge < -0.3 is 10.1 Å². The Balaban J connectivity index is 2.57. The molecular weight excluding hydrogens is 240 g/mol. The second-order valence-corrected chi connectivity index (χ2v) is 5.13. The molecule has 0 aliphatic rings. The molecule has 0 fully saturated rings. The Kier molecular flexibility index (Phi) is 3.42. The Labute approximate surface area is 112 Å². The molecule has 1 aromatic carbocycles. The molecule has 2 aromatic rings. The molecule has 1 heterocycles. The van der Waals surface area contributed by atoms with E-state index >= 15 is 0 Å². The number of aryl methyl sites for hydroxylation is 2. The van der Waals surface area contributed by atoms with Crippen LogP contribution in [0.5, 0.6) is 0 Å². The Morgan fingerprint density at radius 3 is 2.47 bits per heavy atom. The normalized spacial score (nSPS) is 11.0. The van der Waals surface area contributed by atoms with Crippen molar-refractivity contribution in [2.24, 2.45) is 0 Å². The first-order chi connectivity index (χ1) is 8.90. The Morgan fingerprint density at radius 1 is 1.32 bits per heavy atom. The van der Waals surface area contributed by atoms with Gasteiger partial charge in [-0.05, 0) is 25.3 Å². The number of imidazole rings is 1. The highest BCUT2D eigenvalue weighted by atomic mass is 16.4. The van der Waals surface area contributed by atoms with Crippen LogP contribution in [0.3, 0.4) is 0 Å². The minimum absolute atomic E-state index is 0.0955. The van der Waals surface area contributed by atoms with Crippen LogP contribution in [-0.2, 0) is 0 Å². The monoisotopic (exact) mass is 258 g/mol.